The van der Waals surface area contributed by atoms with Crippen LogP contribution in [-0.2, 0) is 0 Å². The number of hydrogen-bond acceptors (Lipinski definition) is 4. The number of anilines is 2. The van der Waals surface area contributed by atoms with Gasteiger partial charge in [-0.2, -0.15) is 11.8 Å². The van der Waals surface area contributed by atoms with Gasteiger partial charge in [-0.1, -0.05) is 6.42 Å². The minimum atomic E-state index is 0.619. The second kappa shape index (κ2) is 6.88. The lowest BCUT2D eigenvalue weighted by Gasteiger charge is -2.29. The van der Waals surface area contributed by atoms with Gasteiger partial charge < -0.3 is 10.6 Å². The molecule has 4 heteroatoms. The predicted molar refractivity (Wildman–Crippen MR) is 81.6 cm³/mol. The first-order valence-corrected chi connectivity index (χ1v) is 8.10. The van der Waals surface area contributed by atoms with E-state index >= 15 is 0 Å². The molecule has 0 radical (unpaired) electrons. The Bertz CT molecular complexity index is 370. The Morgan fingerprint density at radius 1 is 1.44 bits per heavy atom. The lowest BCUT2D eigenvalue weighted by molar-refractivity contribution is 0.473. The lowest BCUT2D eigenvalue weighted by atomic mass is 9.95. The van der Waals surface area contributed by atoms with Gasteiger partial charge in [0, 0.05) is 35.8 Å². The van der Waals surface area contributed by atoms with Gasteiger partial charge in [0.05, 0.1) is 0 Å². The van der Waals surface area contributed by atoms with E-state index < -0.39 is 0 Å². The highest BCUT2D eigenvalue weighted by atomic mass is 32.2. The van der Waals surface area contributed by atoms with Gasteiger partial charge in [-0.25, -0.2) is 4.98 Å². The summed E-state index contributed by atoms with van der Waals surface area (Å²) in [7, 11) is 0. The number of nitrogens with one attached hydrogen (secondary N) is 2. The summed E-state index contributed by atoms with van der Waals surface area (Å²) in [5.41, 5.74) is 1.19. The molecule has 1 heterocycles. The molecule has 1 aliphatic carbocycles. The molecule has 2 N–H and O–H groups in total. The molecule has 2 atom stereocenters. The molecule has 0 bridgehead atoms. The molecular weight excluding hydrogens is 242 g/mol. The summed E-state index contributed by atoms with van der Waals surface area (Å²) in [5.74, 6) is 0.958. The second-order valence-electron chi connectivity index (χ2n) is 4.83. The van der Waals surface area contributed by atoms with Crippen molar-refractivity contribution in [1.29, 1.82) is 0 Å². The van der Waals surface area contributed by atoms with Crippen molar-refractivity contribution in [2.24, 2.45) is 0 Å². The van der Waals surface area contributed by atoms with Crippen molar-refractivity contribution in [2.75, 3.05) is 23.4 Å². The molecule has 0 spiro atoms. The molecule has 18 heavy (non-hydrogen) atoms. The van der Waals surface area contributed by atoms with Crippen molar-refractivity contribution in [3.8, 4) is 0 Å². The van der Waals surface area contributed by atoms with Gasteiger partial charge in [0.1, 0.15) is 5.82 Å². The zero-order chi connectivity index (χ0) is 12.8. The normalized spacial score (nSPS) is 23.7. The second-order valence-corrected chi connectivity index (χ2v) is 5.96. The summed E-state index contributed by atoms with van der Waals surface area (Å²) in [6, 6.07) is 4.78. The van der Waals surface area contributed by atoms with E-state index in [0.29, 0.717) is 6.04 Å². The molecule has 0 aliphatic heterocycles. The molecule has 0 saturated heterocycles. The van der Waals surface area contributed by atoms with Crippen LogP contribution in [-0.4, -0.2) is 29.1 Å². The van der Waals surface area contributed by atoms with E-state index in [1.807, 2.05) is 18.0 Å². The Hall–Kier alpha value is -0.900. The number of hydrogen-bond donors (Lipinski definition) is 2. The molecule has 1 aliphatic rings. The summed E-state index contributed by atoms with van der Waals surface area (Å²) in [6.45, 7) is 3.00. The SMILES string of the molecule is CCNc1cc(NC2CCCC(SC)C2)ccn1. The molecule has 0 amide bonds. The van der Waals surface area contributed by atoms with Crippen LogP contribution in [0.3, 0.4) is 0 Å². The first kappa shape index (κ1) is 13.5. The monoisotopic (exact) mass is 265 g/mol. The van der Waals surface area contributed by atoms with Gasteiger partial charge in [-0.15, -0.1) is 0 Å². The van der Waals surface area contributed by atoms with E-state index in [1.54, 1.807) is 0 Å². The van der Waals surface area contributed by atoms with E-state index in [2.05, 4.69) is 40.9 Å². The first-order valence-electron chi connectivity index (χ1n) is 6.81. The fraction of sp³-hybridized carbons (Fsp3) is 0.643. The average molecular weight is 265 g/mol. The molecule has 1 aromatic heterocycles. The van der Waals surface area contributed by atoms with Crippen LogP contribution < -0.4 is 10.6 Å². The van der Waals surface area contributed by atoms with Crippen molar-refractivity contribution < 1.29 is 0 Å². The predicted octanol–water partition coefficient (Wildman–Crippen LogP) is 3.60. The van der Waals surface area contributed by atoms with Gasteiger partial charge in [0.15, 0.2) is 0 Å². The third-order valence-electron chi connectivity index (χ3n) is 3.45. The number of pyridine rings is 1. The van der Waals surface area contributed by atoms with Crippen LogP contribution in [0, 0.1) is 0 Å². The van der Waals surface area contributed by atoms with Crippen LogP contribution in [0.5, 0.6) is 0 Å². The molecule has 2 rings (SSSR count). The Kier molecular flexibility index (Phi) is 5.17. The molecule has 2 unspecified atom stereocenters. The van der Waals surface area contributed by atoms with E-state index in [0.717, 1.165) is 17.6 Å². The number of nitrogens with zero attached hydrogens (tertiary/aromatic N) is 1. The highest BCUT2D eigenvalue weighted by molar-refractivity contribution is 7.99. The first-order chi connectivity index (χ1) is 8.81. The van der Waals surface area contributed by atoms with Crippen LogP contribution in [0.25, 0.3) is 0 Å². The highest BCUT2D eigenvalue weighted by Gasteiger charge is 2.20. The zero-order valence-electron chi connectivity index (χ0n) is 11.3. The smallest absolute Gasteiger partial charge is 0.127 e. The van der Waals surface area contributed by atoms with Crippen LogP contribution in [0.15, 0.2) is 18.3 Å². The van der Waals surface area contributed by atoms with Crippen LogP contribution in [0.2, 0.25) is 0 Å². The molecule has 0 aromatic carbocycles. The maximum Gasteiger partial charge on any atom is 0.127 e. The van der Waals surface area contributed by atoms with E-state index in [1.165, 1.54) is 31.4 Å². The van der Waals surface area contributed by atoms with Crippen LogP contribution in [0.1, 0.15) is 32.6 Å². The van der Waals surface area contributed by atoms with Crippen LogP contribution in [0.4, 0.5) is 11.5 Å². The number of rotatable bonds is 5. The highest BCUT2D eigenvalue weighted by Crippen LogP contribution is 2.29. The van der Waals surface area contributed by atoms with Crippen molar-refractivity contribution >= 4 is 23.3 Å². The molecular formula is C14H23N3S. The summed E-state index contributed by atoms with van der Waals surface area (Å²) < 4.78 is 0. The van der Waals surface area contributed by atoms with Gasteiger partial charge >= 0.3 is 0 Å². The van der Waals surface area contributed by atoms with E-state index in [-0.39, 0.29) is 0 Å². The van der Waals surface area contributed by atoms with E-state index in [4.69, 9.17) is 0 Å². The van der Waals surface area contributed by atoms with E-state index in [9.17, 15) is 0 Å². The molecule has 1 saturated carbocycles. The standard InChI is InChI=1S/C14H23N3S/c1-3-15-14-10-12(7-8-16-14)17-11-5-4-6-13(9-11)18-2/h7-8,10-11,13H,3-6,9H2,1-2H3,(H2,15,16,17). The Labute approximate surface area is 114 Å². The Morgan fingerprint density at radius 3 is 3.11 bits per heavy atom. The fourth-order valence-electron chi connectivity index (χ4n) is 2.52. The summed E-state index contributed by atoms with van der Waals surface area (Å²) in [6.07, 6.45) is 9.38. The maximum absolute atomic E-state index is 4.30. The van der Waals surface area contributed by atoms with Gasteiger partial charge in [-0.3, -0.25) is 0 Å². The van der Waals surface area contributed by atoms with Crippen LogP contribution >= 0.6 is 11.8 Å². The summed E-state index contributed by atoms with van der Waals surface area (Å²) in [5, 5.41) is 7.73. The topological polar surface area (TPSA) is 37.0 Å². The summed E-state index contributed by atoms with van der Waals surface area (Å²) >= 11 is 2.01. The fourth-order valence-corrected chi connectivity index (χ4v) is 3.35. The Balaban J connectivity index is 1.93. The number of aromatic nitrogens is 1. The van der Waals surface area contributed by atoms with Gasteiger partial charge in [0.25, 0.3) is 0 Å². The van der Waals surface area contributed by atoms with Gasteiger partial charge in [-0.05, 0) is 38.5 Å². The van der Waals surface area contributed by atoms with Crippen molar-refractivity contribution in [1.82, 2.24) is 4.98 Å². The maximum atomic E-state index is 4.30. The third-order valence-corrected chi connectivity index (χ3v) is 4.54. The van der Waals surface area contributed by atoms with Gasteiger partial charge in [0.2, 0.25) is 0 Å². The zero-order valence-corrected chi connectivity index (χ0v) is 12.1. The molecule has 1 fully saturated rings. The minimum absolute atomic E-state index is 0.619. The minimum Gasteiger partial charge on any atom is -0.382 e. The number of thioether (sulfide) groups is 1. The van der Waals surface area contributed by atoms with Crippen molar-refractivity contribution in [3.05, 3.63) is 18.3 Å². The third kappa shape index (κ3) is 3.80. The summed E-state index contributed by atoms with van der Waals surface area (Å²) in [4.78, 5) is 4.30. The lowest BCUT2D eigenvalue weighted by Crippen LogP contribution is -2.28. The largest absolute Gasteiger partial charge is 0.382 e. The van der Waals surface area contributed by atoms with Crippen molar-refractivity contribution in [2.45, 2.75) is 43.9 Å². The molecule has 1 aromatic rings. The Morgan fingerprint density at radius 2 is 2.33 bits per heavy atom. The average Bonchev–Trinajstić information content (AvgIpc) is 2.40. The molecule has 3 nitrogen and oxygen atoms in total. The van der Waals surface area contributed by atoms with Crippen molar-refractivity contribution in [3.63, 3.8) is 0 Å². The quantitative estimate of drug-likeness (QED) is 0.853. The molecule has 100 valence electrons.